The number of hydrogen-bond donors (Lipinski definition) is 1. The van der Waals surface area contributed by atoms with Crippen LogP contribution >= 0.6 is 0 Å². The number of carbonyl (C=O) groups excluding carboxylic acids is 2. The van der Waals surface area contributed by atoms with Gasteiger partial charge in [0.1, 0.15) is 11.5 Å². The Labute approximate surface area is 185 Å². The largest absolute Gasteiger partial charge is 0.491 e. The Hall–Kier alpha value is -3.90. The van der Waals surface area contributed by atoms with Gasteiger partial charge >= 0.3 is 12.1 Å². The first-order valence-corrected chi connectivity index (χ1v) is 9.67. The van der Waals surface area contributed by atoms with E-state index >= 15 is 0 Å². The molecule has 0 aliphatic carbocycles. The summed E-state index contributed by atoms with van der Waals surface area (Å²) >= 11 is 0. The molecule has 2 heterocycles. The number of rotatable bonds is 8. The van der Waals surface area contributed by atoms with E-state index in [9.17, 15) is 22.8 Å². The number of benzene rings is 1. The normalized spacial score (nSPS) is 11.3. The molecule has 176 valence electrons. The van der Waals surface area contributed by atoms with Crippen LogP contribution in [0.1, 0.15) is 35.5 Å². The van der Waals surface area contributed by atoms with Crippen LogP contribution in [0.25, 0.3) is 11.4 Å². The Bertz CT molecular complexity index is 1140. The number of nitrogens with zero attached hydrogens (tertiary/aromatic N) is 4. The van der Waals surface area contributed by atoms with Gasteiger partial charge in [0.2, 0.25) is 11.7 Å². The van der Waals surface area contributed by atoms with Crippen LogP contribution in [0.4, 0.5) is 18.9 Å². The molecule has 0 radical (unpaired) electrons. The Kier molecular flexibility index (Phi) is 6.99. The van der Waals surface area contributed by atoms with Crippen molar-refractivity contribution in [2.75, 3.05) is 26.0 Å². The van der Waals surface area contributed by atoms with E-state index < -0.39 is 18.0 Å². The summed E-state index contributed by atoms with van der Waals surface area (Å²) < 4.78 is 53.2. The lowest BCUT2D eigenvalue weighted by Gasteiger charge is -2.12. The molecule has 2 aromatic heterocycles. The van der Waals surface area contributed by atoms with E-state index in [1.807, 2.05) is 0 Å². The van der Waals surface area contributed by atoms with Crippen molar-refractivity contribution >= 4 is 17.5 Å². The average Bonchev–Trinajstić information content (AvgIpc) is 3.41. The summed E-state index contributed by atoms with van der Waals surface area (Å²) in [7, 11) is 3.22. The minimum absolute atomic E-state index is 0.199. The summed E-state index contributed by atoms with van der Waals surface area (Å²) in [6.45, 7) is 1.51. The lowest BCUT2D eigenvalue weighted by atomic mass is 10.1. The van der Waals surface area contributed by atoms with Gasteiger partial charge in [0.15, 0.2) is 5.69 Å². The molecule has 1 aromatic carbocycles. The van der Waals surface area contributed by atoms with Crippen LogP contribution in [0.5, 0.6) is 5.75 Å². The molecule has 0 aliphatic rings. The lowest BCUT2D eigenvalue weighted by Crippen LogP contribution is -2.21. The Morgan fingerprint density at radius 2 is 1.91 bits per heavy atom. The quantitative estimate of drug-likeness (QED) is 0.500. The molecular formula is C20H20F3N5O5. The highest BCUT2D eigenvalue weighted by Gasteiger charge is 2.38. The van der Waals surface area contributed by atoms with Gasteiger partial charge in [0.05, 0.1) is 12.3 Å². The van der Waals surface area contributed by atoms with E-state index in [1.165, 1.54) is 30.0 Å². The maximum atomic E-state index is 12.7. The van der Waals surface area contributed by atoms with Crippen molar-refractivity contribution in [2.24, 2.45) is 0 Å². The monoisotopic (exact) mass is 467 g/mol. The number of anilines is 1. The number of aryl methyl sites for hydroxylation is 1. The van der Waals surface area contributed by atoms with Gasteiger partial charge in [-0.25, -0.2) is 0 Å². The predicted molar refractivity (Wildman–Crippen MR) is 107 cm³/mol. The first kappa shape index (κ1) is 23.8. The van der Waals surface area contributed by atoms with Gasteiger partial charge in [-0.1, -0.05) is 10.3 Å². The lowest BCUT2D eigenvalue weighted by molar-refractivity contribution is -0.159. The molecule has 13 heteroatoms. The third-order valence-corrected chi connectivity index (χ3v) is 4.23. The van der Waals surface area contributed by atoms with Crippen LogP contribution in [0.2, 0.25) is 0 Å². The molecule has 0 unspecified atom stereocenters. The van der Waals surface area contributed by atoms with E-state index in [4.69, 9.17) is 9.26 Å². The molecule has 1 N–H and O–H groups in total. The molecule has 0 spiro atoms. The second-order valence-corrected chi connectivity index (χ2v) is 7.14. The average molecular weight is 467 g/mol. The van der Waals surface area contributed by atoms with Gasteiger partial charge in [-0.05, 0) is 24.6 Å². The Balaban J connectivity index is 1.65. The maximum Gasteiger partial charge on any atom is 0.471 e. The van der Waals surface area contributed by atoms with Gasteiger partial charge in [0, 0.05) is 39.1 Å². The minimum atomic E-state index is -4.77. The molecular weight excluding hydrogens is 447 g/mol. The van der Waals surface area contributed by atoms with E-state index in [0.29, 0.717) is 24.4 Å². The number of carbonyl (C=O) groups is 2. The molecule has 0 saturated carbocycles. The first-order chi connectivity index (χ1) is 15.5. The van der Waals surface area contributed by atoms with E-state index in [2.05, 4.69) is 25.1 Å². The van der Waals surface area contributed by atoms with Gasteiger partial charge in [-0.15, -0.1) is 0 Å². The second kappa shape index (κ2) is 9.71. The fraction of sp³-hybridized carbons (Fsp3) is 0.350. The second-order valence-electron chi connectivity index (χ2n) is 7.14. The SMILES string of the molecule is CC(=O)Nc1cc(-c2noc(C(F)(F)F)n2)ccc1OCCCc1cc(C(=O)N(C)C)no1. The number of nitrogens with one attached hydrogen (secondary N) is 1. The first-order valence-electron chi connectivity index (χ1n) is 9.67. The molecule has 10 nitrogen and oxygen atoms in total. The molecule has 0 saturated heterocycles. The number of hydrogen-bond acceptors (Lipinski definition) is 8. The zero-order chi connectivity index (χ0) is 24.2. The van der Waals surface area contributed by atoms with Crippen molar-refractivity contribution in [3.05, 3.63) is 41.6 Å². The van der Waals surface area contributed by atoms with Crippen LogP contribution < -0.4 is 10.1 Å². The van der Waals surface area contributed by atoms with Crippen molar-refractivity contribution in [1.82, 2.24) is 20.2 Å². The van der Waals surface area contributed by atoms with E-state index in [-0.39, 0.29) is 35.3 Å². The number of amides is 2. The topological polar surface area (TPSA) is 124 Å². The number of aromatic nitrogens is 3. The smallest absolute Gasteiger partial charge is 0.471 e. The number of halogens is 3. The fourth-order valence-electron chi connectivity index (χ4n) is 2.73. The summed E-state index contributed by atoms with van der Waals surface area (Å²) in [5, 5.41) is 9.63. The van der Waals surface area contributed by atoms with E-state index in [1.54, 1.807) is 20.2 Å². The maximum absolute atomic E-state index is 12.7. The standard InChI is InChI=1S/C20H20F3N5O5/c1-11(29)24-14-9-12(17-25-19(33-27-17)20(21,22)23)6-7-16(14)31-8-4-5-13-10-15(26-32-13)18(30)28(2)3/h6-7,9-10H,4-5,8H2,1-3H3,(H,24,29). The number of ether oxygens (including phenoxy) is 1. The highest BCUT2D eigenvalue weighted by molar-refractivity contribution is 5.92. The van der Waals surface area contributed by atoms with Crippen molar-refractivity contribution < 1.29 is 36.5 Å². The Morgan fingerprint density at radius 3 is 2.55 bits per heavy atom. The number of alkyl halides is 3. The Morgan fingerprint density at radius 1 is 1.15 bits per heavy atom. The van der Waals surface area contributed by atoms with Gasteiger partial charge in [-0.2, -0.15) is 18.2 Å². The van der Waals surface area contributed by atoms with Crippen LogP contribution in [-0.4, -0.2) is 52.7 Å². The molecule has 3 rings (SSSR count). The van der Waals surface area contributed by atoms with Crippen LogP contribution in [0, 0.1) is 0 Å². The summed E-state index contributed by atoms with van der Waals surface area (Å²) in [6, 6.07) is 5.87. The minimum Gasteiger partial charge on any atom is -0.491 e. The fourth-order valence-corrected chi connectivity index (χ4v) is 2.73. The molecule has 3 aromatic rings. The molecule has 0 atom stereocenters. The van der Waals surface area contributed by atoms with Gasteiger partial charge in [0.25, 0.3) is 5.91 Å². The zero-order valence-corrected chi connectivity index (χ0v) is 17.9. The summed E-state index contributed by atoms with van der Waals surface area (Å²) in [6.07, 6.45) is -3.81. The van der Waals surface area contributed by atoms with E-state index in [0.717, 1.165) is 0 Å². The van der Waals surface area contributed by atoms with Gasteiger partial charge < -0.3 is 24.0 Å². The summed E-state index contributed by atoms with van der Waals surface area (Å²) in [5.74, 6) is -1.62. The summed E-state index contributed by atoms with van der Waals surface area (Å²) in [5.41, 5.74) is 0.636. The van der Waals surface area contributed by atoms with Crippen molar-refractivity contribution in [2.45, 2.75) is 25.9 Å². The third-order valence-electron chi connectivity index (χ3n) is 4.23. The molecule has 0 bridgehead atoms. The van der Waals surface area contributed by atoms with Gasteiger partial charge in [-0.3, -0.25) is 9.59 Å². The predicted octanol–water partition coefficient (Wildman–Crippen LogP) is 3.42. The third kappa shape index (κ3) is 6.08. The van der Waals surface area contributed by atoms with Crippen LogP contribution in [0.15, 0.2) is 33.3 Å². The highest BCUT2D eigenvalue weighted by Crippen LogP contribution is 2.33. The van der Waals surface area contributed by atoms with Crippen LogP contribution in [0.3, 0.4) is 0 Å². The van der Waals surface area contributed by atoms with Crippen molar-refractivity contribution in [3.63, 3.8) is 0 Å². The highest BCUT2D eigenvalue weighted by atomic mass is 19.4. The van der Waals surface area contributed by atoms with Crippen LogP contribution in [-0.2, 0) is 17.4 Å². The van der Waals surface area contributed by atoms with Crippen molar-refractivity contribution in [1.29, 1.82) is 0 Å². The summed E-state index contributed by atoms with van der Waals surface area (Å²) in [4.78, 5) is 28.1. The molecule has 0 fully saturated rings. The zero-order valence-electron chi connectivity index (χ0n) is 17.9. The van der Waals surface area contributed by atoms with Crippen molar-refractivity contribution in [3.8, 4) is 17.1 Å². The molecule has 0 aliphatic heterocycles. The molecule has 33 heavy (non-hydrogen) atoms. The molecule has 2 amide bonds.